The molecular formula is C13H19NO3S. The van der Waals surface area contributed by atoms with Crippen molar-refractivity contribution in [1.29, 1.82) is 0 Å². The fraction of sp³-hybridized carbons (Fsp3) is 0.692. The summed E-state index contributed by atoms with van der Waals surface area (Å²) < 4.78 is 5.49. The van der Waals surface area contributed by atoms with Crippen molar-refractivity contribution in [1.82, 2.24) is 4.90 Å². The quantitative estimate of drug-likeness (QED) is 0.733. The molecule has 1 amide bonds. The normalized spacial score (nSPS) is 27.4. The van der Waals surface area contributed by atoms with E-state index in [0.717, 1.165) is 5.75 Å². The number of thioether (sulfide) groups is 1. The molecule has 1 saturated heterocycles. The van der Waals surface area contributed by atoms with Crippen molar-refractivity contribution in [3.05, 3.63) is 11.8 Å². The Morgan fingerprint density at radius 2 is 2.22 bits per heavy atom. The van der Waals surface area contributed by atoms with Gasteiger partial charge in [0.15, 0.2) is 11.9 Å². The molecule has 4 nitrogen and oxygen atoms in total. The van der Waals surface area contributed by atoms with Gasteiger partial charge in [0.2, 0.25) is 0 Å². The molecule has 2 rings (SSSR count). The van der Waals surface area contributed by atoms with E-state index in [1.165, 1.54) is 5.57 Å². The van der Waals surface area contributed by atoms with E-state index < -0.39 is 11.5 Å². The minimum absolute atomic E-state index is 0.0213. The zero-order chi connectivity index (χ0) is 13.5. The van der Waals surface area contributed by atoms with Gasteiger partial charge in [0.25, 0.3) is 5.91 Å². The van der Waals surface area contributed by atoms with Crippen LogP contribution in [0.15, 0.2) is 11.8 Å². The molecule has 0 unspecified atom stereocenters. The van der Waals surface area contributed by atoms with E-state index in [1.54, 1.807) is 16.7 Å². The van der Waals surface area contributed by atoms with Gasteiger partial charge in [-0.2, -0.15) is 0 Å². The first kappa shape index (κ1) is 13.6. The topological polar surface area (TPSA) is 46.6 Å². The Morgan fingerprint density at radius 1 is 1.56 bits per heavy atom. The lowest BCUT2D eigenvalue weighted by molar-refractivity contribution is -0.162. The summed E-state index contributed by atoms with van der Waals surface area (Å²) in [4.78, 5) is 25.3. The zero-order valence-electron chi connectivity index (χ0n) is 11.2. The molecule has 100 valence electrons. The second-order valence-corrected chi connectivity index (χ2v) is 6.93. The van der Waals surface area contributed by atoms with E-state index >= 15 is 0 Å². The van der Waals surface area contributed by atoms with Gasteiger partial charge >= 0.3 is 0 Å². The minimum atomic E-state index is -0.453. The summed E-state index contributed by atoms with van der Waals surface area (Å²) in [6.45, 7) is 7.60. The van der Waals surface area contributed by atoms with Crippen molar-refractivity contribution in [3.8, 4) is 0 Å². The van der Waals surface area contributed by atoms with E-state index in [9.17, 15) is 9.59 Å². The minimum Gasteiger partial charge on any atom is -0.357 e. The predicted molar refractivity (Wildman–Crippen MR) is 71.1 cm³/mol. The van der Waals surface area contributed by atoms with Gasteiger partial charge in [0.05, 0.1) is 0 Å². The number of hydrogen-bond acceptors (Lipinski definition) is 4. The van der Waals surface area contributed by atoms with Crippen molar-refractivity contribution >= 4 is 23.5 Å². The molecule has 2 aliphatic heterocycles. The molecule has 0 aliphatic carbocycles. The van der Waals surface area contributed by atoms with E-state index in [0.29, 0.717) is 0 Å². The number of ether oxygens (including phenoxy) is 1. The van der Waals surface area contributed by atoms with Crippen molar-refractivity contribution in [3.63, 3.8) is 0 Å². The van der Waals surface area contributed by atoms with Crippen LogP contribution in [-0.4, -0.2) is 40.4 Å². The highest BCUT2D eigenvalue weighted by Crippen LogP contribution is 2.37. The van der Waals surface area contributed by atoms with Crippen molar-refractivity contribution < 1.29 is 14.3 Å². The SMILES string of the molecule is CC1=CN2C(=O)[C@H](OCC(=O)C(C)(C)C)[C@@H]2SC1. The monoisotopic (exact) mass is 269 g/mol. The molecule has 2 heterocycles. The third kappa shape index (κ3) is 2.47. The second kappa shape index (κ2) is 4.70. The molecule has 0 aromatic carbocycles. The molecule has 0 spiro atoms. The highest BCUT2D eigenvalue weighted by atomic mass is 32.2. The smallest absolute Gasteiger partial charge is 0.259 e. The maximum Gasteiger partial charge on any atom is 0.259 e. The molecule has 0 saturated carbocycles. The number of carbonyl (C=O) groups is 2. The maximum atomic E-state index is 11.8. The summed E-state index contributed by atoms with van der Waals surface area (Å²) in [6, 6.07) is 0. The number of fused-ring (bicyclic) bond motifs is 1. The van der Waals surface area contributed by atoms with E-state index in [4.69, 9.17) is 4.74 Å². The van der Waals surface area contributed by atoms with Crippen LogP contribution >= 0.6 is 11.8 Å². The van der Waals surface area contributed by atoms with Gasteiger partial charge in [-0.05, 0) is 12.5 Å². The van der Waals surface area contributed by atoms with E-state index in [1.807, 2.05) is 33.9 Å². The Hall–Kier alpha value is -0.810. The molecule has 18 heavy (non-hydrogen) atoms. The fourth-order valence-corrected chi connectivity index (χ4v) is 2.99. The van der Waals surface area contributed by atoms with Crippen molar-refractivity contribution in [2.24, 2.45) is 5.41 Å². The van der Waals surface area contributed by atoms with Gasteiger partial charge in [-0.3, -0.25) is 9.59 Å². The van der Waals surface area contributed by atoms with Gasteiger partial charge in [-0.1, -0.05) is 20.8 Å². The molecule has 2 atom stereocenters. The largest absolute Gasteiger partial charge is 0.357 e. The number of carbonyl (C=O) groups excluding carboxylic acids is 2. The first-order valence-corrected chi connectivity index (χ1v) is 7.11. The summed E-state index contributed by atoms with van der Waals surface area (Å²) in [5.41, 5.74) is 0.775. The van der Waals surface area contributed by atoms with Crippen LogP contribution in [0.4, 0.5) is 0 Å². The summed E-state index contributed by atoms with van der Waals surface area (Å²) in [5.74, 6) is 0.913. The summed E-state index contributed by atoms with van der Waals surface area (Å²) in [5, 5.41) is 0.0500. The molecule has 0 aromatic rings. The average molecular weight is 269 g/mol. The fourth-order valence-electron chi connectivity index (χ4n) is 1.79. The van der Waals surface area contributed by atoms with Crippen LogP contribution in [0, 0.1) is 5.41 Å². The standard InChI is InChI=1S/C13H19NO3S/c1-8-5-14-11(16)10(12(14)18-7-8)17-6-9(15)13(2,3)4/h5,10,12H,6-7H2,1-4H3/t10-,12-/m0/s1. The van der Waals surface area contributed by atoms with Gasteiger partial charge < -0.3 is 9.64 Å². The average Bonchev–Trinajstić information content (AvgIpc) is 2.28. The van der Waals surface area contributed by atoms with E-state index in [2.05, 4.69) is 0 Å². The molecular weight excluding hydrogens is 250 g/mol. The highest BCUT2D eigenvalue weighted by Gasteiger charge is 2.49. The van der Waals surface area contributed by atoms with Crippen molar-refractivity contribution in [2.75, 3.05) is 12.4 Å². The molecule has 0 bridgehead atoms. The third-order valence-electron chi connectivity index (χ3n) is 3.10. The van der Waals surface area contributed by atoms with Crippen LogP contribution in [0.1, 0.15) is 27.7 Å². The number of amides is 1. The third-order valence-corrected chi connectivity index (χ3v) is 4.54. The Balaban J connectivity index is 1.90. The van der Waals surface area contributed by atoms with E-state index in [-0.39, 0.29) is 23.7 Å². The molecule has 1 fully saturated rings. The first-order chi connectivity index (χ1) is 8.30. The highest BCUT2D eigenvalue weighted by molar-refractivity contribution is 8.00. The predicted octanol–water partition coefficient (Wildman–Crippen LogP) is 1.81. The van der Waals surface area contributed by atoms with Crippen LogP contribution in [0.2, 0.25) is 0 Å². The molecule has 2 aliphatic rings. The van der Waals surface area contributed by atoms with Gasteiger partial charge in [-0.25, -0.2) is 0 Å². The Kier molecular flexibility index (Phi) is 3.56. The first-order valence-electron chi connectivity index (χ1n) is 6.06. The van der Waals surface area contributed by atoms with Crippen molar-refractivity contribution in [2.45, 2.75) is 39.2 Å². The lowest BCUT2D eigenvalue weighted by Gasteiger charge is -2.46. The number of rotatable bonds is 3. The molecule has 0 radical (unpaired) electrons. The number of hydrogen-bond donors (Lipinski definition) is 0. The Bertz CT molecular complexity index is 411. The maximum absolute atomic E-state index is 11.8. The van der Waals surface area contributed by atoms with Crippen LogP contribution in [0.3, 0.4) is 0 Å². The number of nitrogens with zero attached hydrogens (tertiary/aromatic N) is 1. The Morgan fingerprint density at radius 3 is 2.83 bits per heavy atom. The van der Waals surface area contributed by atoms with Crippen LogP contribution in [0.5, 0.6) is 0 Å². The van der Waals surface area contributed by atoms with Gasteiger partial charge in [-0.15, -0.1) is 11.8 Å². The van der Waals surface area contributed by atoms with Crippen LogP contribution in [-0.2, 0) is 14.3 Å². The molecule has 5 heteroatoms. The number of β-lactam (4-membered cyclic amide) rings is 1. The van der Waals surface area contributed by atoms with Crippen LogP contribution < -0.4 is 0 Å². The second-order valence-electron chi connectivity index (χ2n) is 5.83. The Labute approximate surface area is 112 Å². The summed E-state index contributed by atoms with van der Waals surface area (Å²) in [6.07, 6.45) is 1.43. The molecule has 0 aromatic heterocycles. The molecule has 0 N–H and O–H groups in total. The number of ketones is 1. The zero-order valence-corrected chi connectivity index (χ0v) is 12.0. The lowest BCUT2D eigenvalue weighted by atomic mass is 9.91. The summed E-state index contributed by atoms with van der Waals surface area (Å²) in [7, 11) is 0. The lowest BCUT2D eigenvalue weighted by Crippen LogP contribution is -2.63. The van der Waals surface area contributed by atoms with Gasteiger partial charge in [0, 0.05) is 17.4 Å². The summed E-state index contributed by atoms with van der Waals surface area (Å²) >= 11 is 1.69. The number of Topliss-reactive ketones (excluding diaryl/α,β-unsaturated/α-hetero) is 1. The van der Waals surface area contributed by atoms with Gasteiger partial charge in [0.1, 0.15) is 12.0 Å². The van der Waals surface area contributed by atoms with Crippen LogP contribution in [0.25, 0.3) is 0 Å².